The van der Waals surface area contributed by atoms with Gasteiger partial charge in [-0.2, -0.15) is 0 Å². The molecule has 3 aromatic rings. The zero-order valence-electron chi connectivity index (χ0n) is 11.0. The number of hydrogen-bond acceptors (Lipinski definition) is 5. The van der Waals surface area contributed by atoms with Crippen LogP contribution in [-0.4, -0.2) is 31.6 Å². The van der Waals surface area contributed by atoms with Crippen molar-refractivity contribution in [2.45, 2.75) is 5.03 Å². The lowest BCUT2D eigenvalue weighted by Gasteiger charge is -2.06. The number of nitrogens with zero attached hydrogens (tertiary/aromatic N) is 3. The molecule has 1 aromatic carbocycles. The number of aromatic nitrogens is 4. The minimum atomic E-state index is -0.495. The Morgan fingerprint density at radius 1 is 1.36 bits per heavy atom. The normalized spacial score (nSPS) is 10.8. The van der Waals surface area contributed by atoms with Crippen molar-refractivity contribution in [3.05, 3.63) is 41.1 Å². The number of fused-ring (bicyclic) bond motifs is 1. The van der Waals surface area contributed by atoms with Crippen molar-refractivity contribution in [1.82, 2.24) is 19.9 Å². The summed E-state index contributed by atoms with van der Waals surface area (Å²) in [4.78, 5) is 27.0. The summed E-state index contributed by atoms with van der Waals surface area (Å²) in [6.07, 6.45) is 2.90. The first kappa shape index (κ1) is 14.9. The van der Waals surface area contributed by atoms with Gasteiger partial charge in [0.05, 0.1) is 17.8 Å². The number of H-pyrrole nitrogens is 1. The first-order valence-corrected chi connectivity index (χ1v) is 7.93. The number of amides is 1. The second-order valence-electron chi connectivity index (χ2n) is 4.24. The molecule has 0 aliphatic rings. The molecule has 0 bridgehead atoms. The maximum atomic E-state index is 13.7. The van der Waals surface area contributed by atoms with Gasteiger partial charge in [0, 0.05) is 4.47 Å². The lowest BCUT2D eigenvalue weighted by atomic mass is 10.3. The van der Waals surface area contributed by atoms with E-state index in [2.05, 4.69) is 41.2 Å². The highest BCUT2D eigenvalue weighted by atomic mass is 79.9. The summed E-state index contributed by atoms with van der Waals surface area (Å²) in [6.45, 7) is 0. The van der Waals surface area contributed by atoms with Crippen molar-refractivity contribution >= 4 is 50.5 Å². The molecule has 0 atom stereocenters. The maximum Gasteiger partial charge on any atom is 0.234 e. The summed E-state index contributed by atoms with van der Waals surface area (Å²) in [5.41, 5.74) is 1.36. The second-order valence-corrected chi connectivity index (χ2v) is 6.12. The number of imidazole rings is 1. The number of benzene rings is 1. The van der Waals surface area contributed by atoms with Gasteiger partial charge in [-0.25, -0.2) is 19.3 Å². The molecule has 3 rings (SSSR count). The van der Waals surface area contributed by atoms with Crippen LogP contribution in [-0.2, 0) is 4.79 Å². The predicted molar refractivity (Wildman–Crippen MR) is 85.1 cm³/mol. The Morgan fingerprint density at radius 2 is 2.23 bits per heavy atom. The summed E-state index contributed by atoms with van der Waals surface area (Å²) < 4.78 is 14.3. The minimum Gasteiger partial charge on any atom is -0.341 e. The number of carbonyl (C=O) groups excluding carboxylic acids is 1. The molecule has 1 amide bonds. The third kappa shape index (κ3) is 3.25. The summed E-state index contributed by atoms with van der Waals surface area (Å²) in [5.74, 6) is -0.719. The number of carbonyl (C=O) groups is 1. The molecule has 2 N–H and O–H groups in total. The quantitative estimate of drug-likeness (QED) is 0.536. The third-order valence-corrected chi connectivity index (χ3v) is 4.22. The van der Waals surface area contributed by atoms with E-state index in [-0.39, 0.29) is 17.3 Å². The molecule has 0 saturated heterocycles. The molecular weight excluding hydrogens is 373 g/mol. The van der Waals surface area contributed by atoms with E-state index in [0.29, 0.717) is 20.7 Å². The molecule has 2 heterocycles. The first-order chi connectivity index (χ1) is 10.6. The fraction of sp³-hybridized carbons (Fsp3) is 0.0769. The number of aromatic amines is 1. The molecular formula is C13H9BrFN5OS. The number of anilines is 1. The zero-order chi connectivity index (χ0) is 15.5. The Labute approximate surface area is 137 Å². The van der Waals surface area contributed by atoms with Gasteiger partial charge in [0.25, 0.3) is 0 Å². The average Bonchev–Trinajstić information content (AvgIpc) is 2.97. The Kier molecular flexibility index (Phi) is 4.34. The van der Waals surface area contributed by atoms with Crippen molar-refractivity contribution in [3.63, 3.8) is 0 Å². The van der Waals surface area contributed by atoms with Crippen LogP contribution in [0.4, 0.5) is 10.1 Å². The SMILES string of the molecule is O=C(CSc1ncnc2nc[nH]c12)Nc1ccc(Br)cc1F. The molecule has 0 saturated carbocycles. The smallest absolute Gasteiger partial charge is 0.234 e. The van der Waals surface area contributed by atoms with E-state index in [1.165, 1.54) is 36.5 Å². The van der Waals surface area contributed by atoms with Crippen molar-refractivity contribution in [2.24, 2.45) is 0 Å². The Bertz CT molecular complexity index is 840. The molecule has 0 aliphatic heterocycles. The van der Waals surface area contributed by atoms with E-state index >= 15 is 0 Å². The van der Waals surface area contributed by atoms with Crippen LogP contribution in [0.15, 0.2) is 40.4 Å². The van der Waals surface area contributed by atoms with Crippen LogP contribution < -0.4 is 5.32 Å². The number of thioether (sulfide) groups is 1. The lowest BCUT2D eigenvalue weighted by Crippen LogP contribution is -2.15. The first-order valence-electron chi connectivity index (χ1n) is 6.15. The summed E-state index contributed by atoms with van der Waals surface area (Å²) in [6, 6.07) is 4.45. The molecule has 22 heavy (non-hydrogen) atoms. The van der Waals surface area contributed by atoms with Gasteiger partial charge in [0.2, 0.25) is 5.91 Å². The highest BCUT2D eigenvalue weighted by Crippen LogP contribution is 2.23. The van der Waals surface area contributed by atoms with Gasteiger partial charge in [0.15, 0.2) is 5.65 Å². The fourth-order valence-corrected chi connectivity index (χ4v) is 2.85. The summed E-state index contributed by atoms with van der Waals surface area (Å²) in [5, 5.41) is 3.14. The van der Waals surface area contributed by atoms with Crippen LogP contribution in [0.3, 0.4) is 0 Å². The van der Waals surface area contributed by atoms with Crippen LogP contribution in [0.2, 0.25) is 0 Å². The molecule has 9 heteroatoms. The van der Waals surface area contributed by atoms with Crippen molar-refractivity contribution < 1.29 is 9.18 Å². The van der Waals surface area contributed by atoms with E-state index < -0.39 is 5.82 Å². The van der Waals surface area contributed by atoms with E-state index in [1.54, 1.807) is 6.07 Å². The van der Waals surface area contributed by atoms with Crippen molar-refractivity contribution in [3.8, 4) is 0 Å². The third-order valence-electron chi connectivity index (χ3n) is 2.73. The molecule has 0 aliphatic carbocycles. The number of halogens is 2. The zero-order valence-corrected chi connectivity index (χ0v) is 13.4. The number of rotatable bonds is 4. The van der Waals surface area contributed by atoms with E-state index in [0.717, 1.165) is 0 Å². The highest BCUT2D eigenvalue weighted by molar-refractivity contribution is 9.10. The Hall–Kier alpha value is -2.00. The van der Waals surface area contributed by atoms with Crippen LogP contribution in [0, 0.1) is 5.82 Å². The average molecular weight is 382 g/mol. The van der Waals surface area contributed by atoms with Crippen molar-refractivity contribution in [2.75, 3.05) is 11.1 Å². The van der Waals surface area contributed by atoms with Gasteiger partial charge in [-0.1, -0.05) is 27.7 Å². The van der Waals surface area contributed by atoms with Gasteiger partial charge >= 0.3 is 0 Å². The molecule has 0 fully saturated rings. The van der Waals surface area contributed by atoms with E-state index in [1.807, 2.05) is 0 Å². The van der Waals surface area contributed by atoms with Gasteiger partial charge < -0.3 is 10.3 Å². The molecule has 0 spiro atoms. The van der Waals surface area contributed by atoms with Crippen molar-refractivity contribution in [1.29, 1.82) is 0 Å². The van der Waals surface area contributed by atoms with Crippen LogP contribution >= 0.6 is 27.7 Å². The second kappa shape index (κ2) is 6.41. The van der Waals surface area contributed by atoms with Crippen LogP contribution in [0.1, 0.15) is 0 Å². The summed E-state index contributed by atoms with van der Waals surface area (Å²) >= 11 is 4.39. The van der Waals surface area contributed by atoms with Gasteiger partial charge in [0.1, 0.15) is 22.7 Å². The number of nitrogens with one attached hydrogen (secondary N) is 2. The van der Waals surface area contributed by atoms with Crippen LogP contribution in [0.5, 0.6) is 0 Å². The highest BCUT2D eigenvalue weighted by Gasteiger charge is 2.11. The molecule has 6 nitrogen and oxygen atoms in total. The molecule has 0 radical (unpaired) electrons. The molecule has 112 valence electrons. The van der Waals surface area contributed by atoms with E-state index in [9.17, 15) is 9.18 Å². The minimum absolute atomic E-state index is 0.0979. The predicted octanol–water partition coefficient (Wildman–Crippen LogP) is 2.99. The fourth-order valence-electron chi connectivity index (χ4n) is 1.76. The summed E-state index contributed by atoms with van der Waals surface area (Å²) in [7, 11) is 0. The maximum absolute atomic E-state index is 13.7. The van der Waals surface area contributed by atoms with Crippen LogP contribution in [0.25, 0.3) is 11.2 Å². The monoisotopic (exact) mass is 381 g/mol. The molecule has 2 aromatic heterocycles. The van der Waals surface area contributed by atoms with Gasteiger partial charge in [-0.05, 0) is 18.2 Å². The van der Waals surface area contributed by atoms with E-state index in [4.69, 9.17) is 0 Å². The van der Waals surface area contributed by atoms with Gasteiger partial charge in [-0.15, -0.1) is 0 Å². The number of hydrogen-bond donors (Lipinski definition) is 2. The lowest BCUT2D eigenvalue weighted by molar-refractivity contribution is -0.113. The largest absolute Gasteiger partial charge is 0.341 e. The molecule has 0 unspecified atom stereocenters. The topological polar surface area (TPSA) is 83.6 Å². The Morgan fingerprint density at radius 3 is 3.05 bits per heavy atom. The standard InChI is InChI=1S/C13H9BrFN5OS/c14-7-1-2-9(8(15)3-7)20-10(21)4-22-13-11-12(17-5-16-11)18-6-19-13/h1-3,5-6H,4H2,(H,20,21)(H,16,17,18,19). The van der Waals surface area contributed by atoms with Gasteiger partial charge in [-0.3, -0.25) is 4.79 Å². The Balaban J connectivity index is 1.66.